The Labute approximate surface area is 97.3 Å². The van der Waals surface area contributed by atoms with Crippen LogP contribution >= 0.6 is 0 Å². The molecule has 4 nitrogen and oxygen atoms in total. The molecule has 4 heteroatoms. The minimum atomic E-state index is -0.0766. The van der Waals surface area contributed by atoms with E-state index in [0.29, 0.717) is 0 Å². The van der Waals surface area contributed by atoms with Gasteiger partial charge in [-0.1, -0.05) is 6.07 Å². The van der Waals surface area contributed by atoms with Crippen LogP contribution in [0.4, 0.5) is 0 Å². The molecule has 0 spiro atoms. The monoisotopic (exact) mass is 225 g/mol. The van der Waals surface area contributed by atoms with Crippen LogP contribution in [-0.2, 0) is 0 Å². The fraction of sp³-hybridized carbons (Fsp3) is 0.0769. The van der Waals surface area contributed by atoms with E-state index in [0.717, 1.165) is 27.7 Å². The summed E-state index contributed by atoms with van der Waals surface area (Å²) in [5.74, 6) is 0. The third-order valence-corrected chi connectivity index (χ3v) is 2.75. The molecule has 0 atom stereocenters. The molecule has 1 aromatic carbocycles. The van der Waals surface area contributed by atoms with Gasteiger partial charge in [-0.15, -0.1) is 0 Å². The van der Waals surface area contributed by atoms with Crippen molar-refractivity contribution in [3.63, 3.8) is 0 Å². The second-order valence-electron chi connectivity index (χ2n) is 4.09. The number of nitrogens with one attached hydrogen (secondary N) is 2. The van der Waals surface area contributed by atoms with Crippen molar-refractivity contribution in [2.45, 2.75) is 6.92 Å². The molecule has 0 saturated carbocycles. The lowest BCUT2D eigenvalue weighted by molar-refractivity contribution is 1.12. The predicted octanol–water partition coefficient (Wildman–Crippen LogP) is 2.23. The molecule has 0 amide bonds. The van der Waals surface area contributed by atoms with E-state index in [2.05, 4.69) is 15.2 Å². The van der Waals surface area contributed by atoms with Gasteiger partial charge in [-0.2, -0.15) is 5.10 Å². The Hall–Kier alpha value is -2.36. The summed E-state index contributed by atoms with van der Waals surface area (Å²) in [5.41, 5.74) is 3.73. The highest BCUT2D eigenvalue weighted by atomic mass is 16.1. The Morgan fingerprint density at radius 3 is 2.82 bits per heavy atom. The van der Waals surface area contributed by atoms with Gasteiger partial charge in [0.05, 0.1) is 11.7 Å². The average molecular weight is 225 g/mol. The molecular formula is C13H11N3O. The first-order chi connectivity index (χ1) is 8.22. The summed E-state index contributed by atoms with van der Waals surface area (Å²) in [6.07, 6.45) is 1.78. The van der Waals surface area contributed by atoms with Gasteiger partial charge in [-0.25, -0.2) is 0 Å². The molecule has 0 unspecified atom stereocenters. The number of aromatic nitrogens is 3. The van der Waals surface area contributed by atoms with Gasteiger partial charge in [0.25, 0.3) is 0 Å². The second-order valence-corrected chi connectivity index (χ2v) is 4.09. The minimum Gasteiger partial charge on any atom is -0.326 e. The second kappa shape index (κ2) is 3.59. The van der Waals surface area contributed by atoms with Crippen molar-refractivity contribution in [1.82, 2.24) is 15.2 Å². The highest BCUT2D eigenvalue weighted by molar-refractivity contribution is 5.83. The topological polar surface area (TPSA) is 61.5 Å². The zero-order valence-corrected chi connectivity index (χ0v) is 9.32. The third-order valence-electron chi connectivity index (χ3n) is 2.75. The van der Waals surface area contributed by atoms with Crippen LogP contribution in [0.5, 0.6) is 0 Å². The molecule has 0 aliphatic heterocycles. The van der Waals surface area contributed by atoms with E-state index in [1.165, 1.54) is 0 Å². The number of aromatic amines is 2. The molecule has 2 aromatic heterocycles. The summed E-state index contributed by atoms with van der Waals surface area (Å²) in [6, 6.07) is 9.53. The first kappa shape index (κ1) is 9.84. The molecule has 84 valence electrons. The maximum atomic E-state index is 11.4. The molecule has 0 aliphatic rings. The number of hydrogen-bond acceptors (Lipinski definition) is 2. The van der Waals surface area contributed by atoms with Gasteiger partial charge in [0.1, 0.15) is 0 Å². The molecule has 17 heavy (non-hydrogen) atoms. The Bertz CT molecular complexity index is 740. The third kappa shape index (κ3) is 1.73. The lowest BCUT2D eigenvalue weighted by atomic mass is 10.0. The number of hydrogen-bond donors (Lipinski definition) is 2. The van der Waals surface area contributed by atoms with E-state index in [9.17, 15) is 4.79 Å². The molecule has 2 N–H and O–H groups in total. The first-order valence-electron chi connectivity index (χ1n) is 5.37. The average Bonchev–Trinajstić information content (AvgIpc) is 2.74. The van der Waals surface area contributed by atoms with Crippen LogP contribution in [0.1, 0.15) is 5.69 Å². The largest absolute Gasteiger partial charge is 0.326 e. The first-order valence-corrected chi connectivity index (χ1v) is 5.37. The SMILES string of the molecule is Cc1cc(-c2ccc3[nH]ncc3c2)cc(=O)[nH]1. The van der Waals surface area contributed by atoms with Gasteiger partial charge < -0.3 is 4.98 Å². The number of nitrogens with zero attached hydrogens (tertiary/aromatic N) is 1. The molecule has 0 radical (unpaired) electrons. The van der Waals surface area contributed by atoms with Crippen LogP contribution < -0.4 is 5.56 Å². The van der Waals surface area contributed by atoms with Gasteiger partial charge in [0.15, 0.2) is 0 Å². The van der Waals surface area contributed by atoms with Gasteiger partial charge in [0.2, 0.25) is 5.56 Å². The number of pyridine rings is 1. The van der Waals surface area contributed by atoms with Crippen molar-refractivity contribution in [3.05, 3.63) is 52.6 Å². The lowest BCUT2D eigenvalue weighted by Gasteiger charge is -2.02. The fourth-order valence-electron chi connectivity index (χ4n) is 1.97. The van der Waals surface area contributed by atoms with Crippen LogP contribution in [0.25, 0.3) is 22.0 Å². The van der Waals surface area contributed by atoms with E-state index in [4.69, 9.17) is 0 Å². The summed E-state index contributed by atoms with van der Waals surface area (Å²) in [7, 11) is 0. The number of aryl methyl sites for hydroxylation is 1. The van der Waals surface area contributed by atoms with Gasteiger partial charge in [-0.05, 0) is 36.2 Å². The van der Waals surface area contributed by atoms with Crippen molar-refractivity contribution >= 4 is 10.9 Å². The standard InChI is InChI=1S/C13H11N3O/c1-8-4-10(6-13(17)15-8)9-2-3-12-11(5-9)7-14-16-12/h2-7H,1H3,(H,14,16)(H,15,17). The molecule has 0 saturated heterocycles. The van der Waals surface area contributed by atoms with E-state index >= 15 is 0 Å². The molecule has 0 bridgehead atoms. The molecule has 3 aromatic rings. The Balaban J connectivity index is 2.22. The maximum absolute atomic E-state index is 11.4. The van der Waals surface area contributed by atoms with Crippen LogP contribution in [0.15, 0.2) is 41.3 Å². The van der Waals surface area contributed by atoms with Crippen LogP contribution in [0.3, 0.4) is 0 Å². The minimum absolute atomic E-state index is 0.0766. The van der Waals surface area contributed by atoms with Crippen LogP contribution in [0.2, 0.25) is 0 Å². The Kier molecular flexibility index (Phi) is 2.08. The van der Waals surface area contributed by atoms with E-state index in [-0.39, 0.29) is 5.56 Å². The number of fused-ring (bicyclic) bond motifs is 1. The molecule has 3 rings (SSSR count). The maximum Gasteiger partial charge on any atom is 0.248 e. The molecule has 0 fully saturated rings. The Morgan fingerprint density at radius 1 is 1.12 bits per heavy atom. The summed E-state index contributed by atoms with van der Waals surface area (Å²) in [5, 5.41) is 7.92. The lowest BCUT2D eigenvalue weighted by Crippen LogP contribution is -2.05. The van der Waals surface area contributed by atoms with E-state index in [1.807, 2.05) is 31.2 Å². The number of rotatable bonds is 1. The highest BCUT2D eigenvalue weighted by Gasteiger charge is 2.02. The molecule has 0 aliphatic carbocycles. The van der Waals surface area contributed by atoms with Crippen molar-refractivity contribution < 1.29 is 0 Å². The normalized spacial score (nSPS) is 10.9. The summed E-state index contributed by atoms with van der Waals surface area (Å²) < 4.78 is 0. The number of H-pyrrole nitrogens is 2. The smallest absolute Gasteiger partial charge is 0.248 e. The zero-order chi connectivity index (χ0) is 11.8. The van der Waals surface area contributed by atoms with Gasteiger partial charge in [0, 0.05) is 17.1 Å². The predicted molar refractivity (Wildman–Crippen MR) is 66.9 cm³/mol. The van der Waals surface area contributed by atoms with Gasteiger partial charge in [-0.3, -0.25) is 9.89 Å². The Morgan fingerprint density at radius 2 is 2.00 bits per heavy atom. The van der Waals surface area contributed by atoms with E-state index < -0.39 is 0 Å². The van der Waals surface area contributed by atoms with Gasteiger partial charge >= 0.3 is 0 Å². The van der Waals surface area contributed by atoms with Crippen molar-refractivity contribution in [1.29, 1.82) is 0 Å². The molecular weight excluding hydrogens is 214 g/mol. The van der Waals surface area contributed by atoms with Crippen LogP contribution in [-0.4, -0.2) is 15.2 Å². The molecule has 2 heterocycles. The summed E-state index contributed by atoms with van der Waals surface area (Å²) in [4.78, 5) is 14.2. The number of benzene rings is 1. The summed E-state index contributed by atoms with van der Waals surface area (Å²) >= 11 is 0. The van der Waals surface area contributed by atoms with Crippen molar-refractivity contribution in [2.24, 2.45) is 0 Å². The summed E-state index contributed by atoms with van der Waals surface area (Å²) in [6.45, 7) is 1.88. The zero-order valence-electron chi connectivity index (χ0n) is 9.32. The highest BCUT2D eigenvalue weighted by Crippen LogP contribution is 2.22. The fourth-order valence-corrected chi connectivity index (χ4v) is 1.97. The van der Waals surface area contributed by atoms with Crippen molar-refractivity contribution in [2.75, 3.05) is 0 Å². The van der Waals surface area contributed by atoms with Crippen molar-refractivity contribution in [3.8, 4) is 11.1 Å². The van der Waals surface area contributed by atoms with E-state index in [1.54, 1.807) is 12.3 Å². The van der Waals surface area contributed by atoms with Crippen LogP contribution in [0, 0.1) is 6.92 Å². The quantitative estimate of drug-likeness (QED) is 0.667.